The Kier molecular flexibility index (Phi) is 3.23. The van der Waals surface area contributed by atoms with E-state index < -0.39 is 0 Å². The van der Waals surface area contributed by atoms with E-state index in [0.29, 0.717) is 17.4 Å². The predicted molar refractivity (Wildman–Crippen MR) is 81.9 cm³/mol. The number of anilines is 1. The first-order chi connectivity index (χ1) is 9.49. The van der Waals surface area contributed by atoms with Gasteiger partial charge in [-0.25, -0.2) is 0 Å². The van der Waals surface area contributed by atoms with E-state index in [2.05, 4.69) is 43.4 Å². The average Bonchev–Trinajstić information content (AvgIpc) is 2.30. The minimum Gasteiger partial charge on any atom is -0.382 e. The number of hydrogen-bond donors (Lipinski definition) is 1. The maximum Gasteiger partial charge on any atom is 0.219 e. The molecular formula is C17H24N2O. The third-order valence-electron chi connectivity index (χ3n) is 4.80. The van der Waals surface area contributed by atoms with Crippen LogP contribution in [-0.2, 0) is 4.79 Å². The van der Waals surface area contributed by atoms with Crippen LogP contribution in [0.1, 0.15) is 45.1 Å². The van der Waals surface area contributed by atoms with Crippen molar-refractivity contribution >= 4 is 11.6 Å². The van der Waals surface area contributed by atoms with E-state index in [-0.39, 0.29) is 5.91 Å². The van der Waals surface area contributed by atoms with E-state index in [9.17, 15) is 4.79 Å². The van der Waals surface area contributed by atoms with Crippen LogP contribution < -0.4 is 5.32 Å². The lowest BCUT2D eigenvalue weighted by atomic mass is 9.60. The molecule has 0 atom stereocenters. The smallest absolute Gasteiger partial charge is 0.219 e. The van der Waals surface area contributed by atoms with Gasteiger partial charge >= 0.3 is 0 Å². The summed E-state index contributed by atoms with van der Waals surface area (Å²) in [5.41, 5.74) is 3.10. The molecule has 108 valence electrons. The van der Waals surface area contributed by atoms with E-state index in [1.807, 2.05) is 4.90 Å². The number of likely N-dealkylation sites (tertiary alicyclic amines) is 1. The van der Waals surface area contributed by atoms with E-state index in [4.69, 9.17) is 0 Å². The minimum atomic E-state index is 0.220. The normalized spacial score (nSPS) is 20.7. The van der Waals surface area contributed by atoms with Gasteiger partial charge in [-0.15, -0.1) is 0 Å². The summed E-state index contributed by atoms with van der Waals surface area (Å²) in [6, 6.07) is 9.18. The first kappa shape index (κ1) is 13.5. The fraction of sp³-hybridized carbons (Fsp3) is 0.588. The van der Waals surface area contributed by atoms with Crippen LogP contribution in [0.25, 0.3) is 0 Å². The Morgan fingerprint density at radius 2 is 1.95 bits per heavy atom. The Hall–Kier alpha value is -1.51. The zero-order valence-electron chi connectivity index (χ0n) is 12.6. The molecule has 2 aliphatic rings. The van der Waals surface area contributed by atoms with E-state index in [1.54, 1.807) is 6.92 Å². The van der Waals surface area contributed by atoms with Crippen molar-refractivity contribution < 1.29 is 4.79 Å². The lowest BCUT2D eigenvalue weighted by Gasteiger charge is -2.59. The van der Waals surface area contributed by atoms with Gasteiger partial charge in [-0.05, 0) is 30.4 Å². The van der Waals surface area contributed by atoms with Gasteiger partial charge in [0.25, 0.3) is 0 Å². The number of amides is 1. The summed E-state index contributed by atoms with van der Waals surface area (Å²) in [5.74, 6) is 0.766. The highest BCUT2D eigenvalue weighted by Crippen LogP contribution is 2.49. The zero-order chi connectivity index (χ0) is 14.3. The molecule has 1 saturated heterocycles. The van der Waals surface area contributed by atoms with Crippen LogP contribution in [0.15, 0.2) is 24.3 Å². The van der Waals surface area contributed by atoms with Crippen molar-refractivity contribution in [1.29, 1.82) is 0 Å². The quantitative estimate of drug-likeness (QED) is 0.916. The van der Waals surface area contributed by atoms with Crippen LogP contribution >= 0.6 is 0 Å². The summed E-state index contributed by atoms with van der Waals surface area (Å²) >= 11 is 0. The fourth-order valence-corrected chi connectivity index (χ4v) is 3.68. The number of rotatable bonds is 3. The number of benzene rings is 1. The summed E-state index contributed by atoms with van der Waals surface area (Å²) in [7, 11) is 0. The van der Waals surface area contributed by atoms with Gasteiger partial charge in [0.15, 0.2) is 0 Å². The molecule has 0 bridgehead atoms. The highest BCUT2D eigenvalue weighted by Gasteiger charge is 2.53. The van der Waals surface area contributed by atoms with Crippen LogP contribution in [0.3, 0.4) is 0 Å². The van der Waals surface area contributed by atoms with E-state index in [0.717, 1.165) is 13.1 Å². The molecule has 20 heavy (non-hydrogen) atoms. The van der Waals surface area contributed by atoms with Crippen molar-refractivity contribution in [3.8, 4) is 0 Å². The molecule has 1 amide bonds. The van der Waals surface area contributed by atoms with Gasteiger partial charge in [-0.1, -0.05) is 32.0 Å². The standard InChI is InChI=1S/C17H24N2O/c1-12(2)15-6-4-5-7-16(15)18-14-8-17(9-14)10-19(11-17)13(3)20/h4-7,12,14,18H,8-11H2,1-3H3. The molecule has 1 saturated carbocycles. The van der Waals surface area contributed by atoms with Gasteiger partial charge in [0, 0.05) is 37.2 Å². The molecule has 1 N–H and O–H groups in total. The van der Waals surface area contributed by atoms with Crippen molar-refractivity contribution in [2.75, 3.05) is 18.4 Å². The van der Waals surface area contributed by atoms with Crippen LogP contribution in [0.5, 0.6) is 0 Å². The second kappa shape index (κ2) is 4.80. The van der Waals surface area contributed by atoms with Crippen molar-refractivity contribution in [2.45, 2.75) is 45.6 Å². The summed E-state index contributed by atoms with van der Waals surface area (Å²) in [4.78, 5) is 13.2. The van der Waals surface area contributed by atoms with Crippen molar-refractivity contribution in [3.05, 3.63) is 29.8 Å². The van der Waals surface area contributed by atoms with Gasteiger partial charge in [0.2, 0.25) is 5.91 Å². The SMILES string of the molecule is CC(=O)N1CC2(CC(Nc3ccccc3C(C)C)C2)C1. The Morgan fingerprint density at radius 3 is 2.55 bits per heavy atom. The Balaban J connectivity index is 1.56. The lowest BCUT2D eigenvalue weighted by molar-refractivity contribution is -0.147. The highest BCUT2D eigenvalue weighted by atomic mass is 16.2. The molecule has 1 aromatic rings. The predicted octanol–water partition coefficient (Wildman–Crippen LogP) is 3.23. The monoisotopic (exact) mass is 272 g/mol. The summed E-state index contributed by atoms with van der Waals surface area (Å²) in [5, 5.41) is 3.69. The van der Waals surface area contributed by atoms with Gasteiger partial charge in [0.1, 0.15) is 0 Å². The summed E-state index contributed by atoms with van der Waals surface area (Å²) in [6.45, 7) is 8.07. The van der Waals surface area contributed by atoms with E-state index >= 15 is 0 Å². The molecule has 1 aliphatic carbocycles. The number of carbonyl (C=O) groups is 1. The fourth-order valence-electron chi connectivity index (χ4n) is 3.68. The third kappa shape index (κ3) is 2.30. The molecule has 1 aliphatic heterocycles. The van der Waals surface area contributed by atoms with Crippen LogP contribution in [0.2, 0.25) is 0 Å². The first-order valence-corrected chi connectivity index (χ1v) is 7.60. The topological polar surface area (TPSA) is 32.3 Å². The molecule has 3 heteroatoms. The van der Waals surface area contributed by atoms with E-state index in [1.165, 1.54) is 24.1 Å². The molecule has 0 unspecified atom stereocenters. The molecule has 1 aromatic carbocycles. The van der Waals surface area contributed by atoms with Crippen LogP contribution in [-0.4, -0.2) is 29.9 Å². The Labute approximate surface area is 121 Å². The Bertz CT molecular complexity index is 509. The van der Waals surface area contributed by atoms with Gasteiger partial charge in [-0.3, -0.25) is 4.79 Å². The molecule has 0 aromatic heterocycles. The van der Waals surface area contributed by atoms with Gasteiger partial charge < -0.3 is 10.2 Å². The molecule has 1 spiro atoms. The number of nitrogens with one attached hydrogen (secondary N) is 1. The molecule has 3 rings (SSSR count). The van der Waals surface area contributed by atoms with Crippen LogP contribution in [0, 0.1) is 5.41 Å². The van der Waals surface area contributed by atoms with Crippen molar-refractivity contribution in [2.24, 2.45) is 5.41 Å². The number of carbonyl (C=O) groups excluding carboxylic acids is 1. The molecular weight excluding hydrogens is 248 g/mol. The second-order valence-electron chi connectivity index (χ2n) is 6.87. The molecule has 2 fully saturated rings. The van der Waals surface area contributed by atoms with Crippen molar-refractivity contribution in [1.82, 2.24) is 4.90 Å². The number of nitrogens with zero attached hydrogens (tertiary/aromatic N) is 1. The summed E-state index contributed by atoms with van der Waals surface area (Å²) in [6.07, 6.45) is 2.40. The highest BCUT2D eigenvalue weighted by molar-refractivity contribution is 5.74. The molecule has 3 nitrogen and oxygen atoms in total. The van der Waals surface area contributed by atoms with Gasteiger partial charge in [-0.2, -0.15) is 0 Å². The number of para-hydroxylation sites is 1. The largest absolute Gasteiger partial charge is 0.382 e. The first-order valence-electron chi connectivity index (χ1n) is 7.60. The zero-order valence-corrected chi connectivity index (χ0v) is 12.6. The van der Waals surface area contributed by atoms with Crippen LogP contribution in [0.4, 0.5) is 5.69 Å². The lowest BCUT2D eigenvalue weighted by Crippen LogP contribution is -2.65. The molecule has 1 heterocycles. The Morgan fingerprint density at radius 1 is 1.30 bits per heavy atom. The number of hydrogen-bond acceptors (Lipinski definition) is 2. The maximum absolute atomic E-state index is 11.3. The summed E-state index contributed by atoms with van der Waals surface area (Å²) < 4.78 is 0. The molecule has 0 radical (unpaired) electrons. The average molecular weight is 272 g/mol. The van der Waals surface area contributed by atoms with Crippen molar-refractivity contribution in [3.63, 3.8) is 0 Å². The second-order valence-corrected chi connectivity index (χ2v) is 6.87. The van der Waals surface area contributed by atoms with Gasteiger partial charge in [0.05, 0.1) is 0 Å². The maximum atomic E-state index is 11.3. The minimum absolute atomic E-state index is 0.220. The third-order valence-corrected chi connectivity index (χ3v) is 4.80.